The highest BCUT2D eigenvalue weighted by atomic mass is 35.5. The van der Waals surface area contributed by atoms with E-state index in [2.05, 4.69) is 32.9 Å². The van der Waals surface area contributed by atoms with E-state index in [0.29, 0.717) is 27.9 Å². The number of nitrogens with one attached hydrogen (secondary N) is 1. The molecule has 0 aliphatic rings. The SMILES string of the molecule is C=CC(=O)Nc1cccc(-c2cc(-c3ccc(Oc4cc(C#N)ccn4)cc3Cl)cc3cncnc23)c1. The van der Waals surface area contributed by atoms with Crippen molar-refractivity contribution in [1.29, 1.82) is 5.26 Å². The average Bonchev–Trinajstić information content (AvgIpc) is 2.92. The highest BCUT2D eigenvalue weighted by Gasteiger charge is 2.13. The molecule has 1 amide bonds. The van der Waals surface area contributed by atoms with Gasteiger partial charge in [-0.25, -0.2) is 15.0 Å². The summed E-state index contributed by atoms with van der Waals surface area (Å²) in [5, 5.41) is 13.2. The topological polar surface area (TPSA) is 101 Å². The fraction of sp³-hybridized carbons (Fsp3) is 0. The van der Waals surface area contributed by atoms with E-state index < -0.39 is 0 Å². The summed E-state index contributed by atoms with van der Waals surface area (Å²) in [6.07, 6.45) is 5.99. The first-order chi connectivity index (χ1) is 18.0. The van der Waals surface area contributed by atoms with Gasteiger partial charge < -0.3 is 10.1 Å². The van der Waals surface area contributed by atoms with Crippen LogP contribution >= 0.6 is 11.6 Å². The van der Waals surface area contributed by atoms with E-state index in [0.717, 1.165) is 33.2 Å². The number of ether oxygens (including phenoxy) is 1. The van der Waals surface area contributed by atoms with Gasteiger partial charge in [0.2, 0.25) is 11.8 Å². The molecule has 0 spiro atoms. The smallest absolute Gasteiger partial charge is 0.247 e. The Morgan fingerprint density at radius 2 is 1.92 bits per heavy atom. The zero-order valence-electron chi connectivity index (χ0n) is 19.4. The number of pyridine rings is 1. The first-order valence-electron chi connectivity index (χ1n) is 11.2. The molecule has 0 fully saturated rings. The van der Waals surface area contributed by atoms with Crippen LogP contribution in [-0.4, -0.2) is 20.9 Å². The maximum atomic E-state index is 11.8. The van der Waals surface area contributed by atoms with Crippen molar-refractivity contribution in [3.63, 3.8) is 0 Å². The second-order valence-electron chi connectivity index (χ2n) is 8.00. The predicted molar refractivity (Wildman–Crippen MR) is 143 cm³/mol. The number of halogens is 1. The van der Waals surface area contributed by atoms with Gasteiger partial charge in [-0.2, -0.15) is 5.26 Å². The molecule has 5 rings (SSSR count). The molecule has 0 atom stereocenters. The Balaban J connectivity index is 1.55. The van der Waals surface area contributed by atoms with Crippen LogP contribution in [0.3, 0.4) is 0 Å². The third-order valence-electron chi connectivity index (χ3n) is 5.57. The number of hydrogen-bond donors (Lipinski definition) is 1. The van der Waals surface area contributed by atoms with Gasteiger partial charge in [0.25, 0.3) is 0 Å². The van der Waals surface area contributed by atoms with E-state index in [1.807, 2.05) is 42.5 Å². The van der Waals surface area contributed by atoms with E-state index in [4.69, 9.17) is 21.6 Å². The summed E-state index contributed by atoms with van der Waals surface area (Å²) in [6, 6.07) is 22.1. The summed E-state index contributed by atoms with van der Waals surface area (Å²) in [6.45, 7) is 3.50. The van der Waals surface area contributed by atoms with Crippen LogP contribution in [0.25, 0.3) is 33.2 Å². The fourth-order valence-corrected chi connectivity index (χ4v) is 4.17. The molecule has 2 heterocycles. The summed E-state index contributed by atoms with van der Waals surface area (Å²) in [7, 11) is 0. The van der Waals surface area contributed by atoms with E-state index in [-0.39, 0.29) is 5.91 Å². The van der Waals surface area contributed by atoms with Crippen LogP contribution in [0.4, 0.5) is 5.69 Å². The quantitative estimate of drug-likeness (QED) is 0.256. The molecule has 1 N–H and O–H groups in total. The minimum Gasteiger partial charge on any atom is -0.439 e. The summed E-state index contributed by atoms with van der Waals surface area (Å²) in [5.41, 5.74) is 5.24. The molecule has 8 heteroatoms. The molecule has 0 saturated heterocycles. The van der Waals surface area contributed by atoms with Crippen molar-refractivity contribution in [1.82, 2.24) is 15.0 Å². The number of nitrogens with zero attached hydrogens (tertiary/aromatic N) is 4. The van der Waals surface area contributed by atoms with E-state index in [1.54, 1.807) is 30.5 Å². The monoisotopic (exact) mass is 503 g/mol. The lowest BCUT2D eigenvalue weighted by atomic mass is 9.95. The van der Waals surface area contributed by atoms with Crippen LogP contribution in [0.1, 0.15) is 5.56 Å². The van der Waals surface area contributed by atoms with Crippen molar-refractivity contribution in [2.24, 2.45) is 0 Å². The number of hydrogen-bond acceptors (Lipinski definition) is 6. The highest BCUT2D eigenvalue weighted by molar-refractivity contribution is 6.33. The minimum atomic E-state index is -0.290. The van der Waals surface area contributed by atoms with Gasteiger partial charge in [-0.15, -0.1) is 0 Å². The molecule has 3 aromatic carbocycles. The summed E-state index contributed by atoms with van der Waals surface area (Å²) >= 11 is 6.70. The van der Waals surface area contributed by atoms with Crippen molar-refractivity contribution >= 4 is 34.1 Å². The summed E-state index contributed by atoms with van der Waals surface area (Å²) in [5.74, 6) is 0.504. The van der Waals surface area contributed by atoms with Crippen LogP contribution in [0.5, 0.6) is 11.6 Å². The van der Waals surface area contributed by atoms with Gasteiger partial charge in [-0.05, 0) is 59.7 Å². The molecule has 0 aliphatic heterocycles. The Hall–Kier alpha value is -5.06. The Morgan fingerprint density at radius 1 is 1.03 bits per heavy atom. The van der Waals surface area contributed by atoms with Crippen LogP contribution in [0.2, 0.25) is 5.02 Å². The van der Waals surface area contributed by atoms with Crippen LogP contribution in [-0.2, 0) is 4.79 Å². The number of nitriles is 1. The lowest BCUT2D eigenvalue weighted by molar-refractivity contribution is -0.111. The van der Waals surface area contributed by atoms with E-state index in [9.17, 15) is 4.79 Å². The van der Waals surface area contributed by atoms with Crippen LogP contribution in [0.15, 0.2) is 98.1 Å². The van der Waals surface area contributed by atoms with Crippen molar-refractivity contribution in [2.75, 3.05) is 5.32 Å². The van der Waals surface area contributed by atoms with E-state index in [1.165, 1.54) is 18.6 Å². The first kappa shape index (κ1) is 23.7. The number of carbonyl (C=O) groups excluding carboxylic acids is 1. The van der Waals surface area contributed by atoms with Crippen LogP contribution in [0, 0.1) is 11.3 Å². The Kier molecular flexibility index (Phi) is 6.58. The maximum absolute atomic E-state index is 11.8. The van der Waals surface area contributed by atoms with Crippen LogP contribution < -0.4 is 10.1 Å². The molecular weight excluding hydrogens is 486 g/mol. The number of aromatic nitrogens is 3. The molecule has 5 aromatic rings. The highest BCUT2D eigenvalue weighted by Crippen LogP contribution is 2.38. The Morgan fingerprint density at radius 3 is 2.73 bits per heavy atom. The molecule has 7 nitrogen and oxygen atoms in total. The second kappa shape index (κ2) is 10.3. The third kappa shape index (κ3) is 5.15. The molecule has 0 unspecified atom stereocenters. The maximum Gasteiger partial charge on any atom is 0.247 e. The fourth-order valence-electron chi connectivity index (χ4n) is 3.89. The first-order valence-corrected chi connectivity index (χ1v) is 11.5. The number of amides is 1. The molecule has 0 bridgehead atoms. The van der Waals surface area contributed by atoms with Gasteiger partial charge in [0, 0.05) is 46.7 Å². The standard InChI is InChI=1S/C29H18ClN5O2/c1-2-27(36)35-22-5-3-4-19(12-22)25-13-20(11-21-16-32-17-34-29(21)25)24-7-6-23(14-26(24)30)37-28-10-18(15-31)8-9-33-28/h2-14,16-17H,1H2,(H,35,36). The van der Waals surface area contributed by atoms with Gasteiger partial charge in [0.15, 0.2) is 0 Å². The van der Waals surface area contributed by atoms with Gasteiger partial charge in [-0.1, -0.05) is 30.3 Å². The molecular formula is C29H18ClN5O2. The van der Waals surface area contributed by atoms with E-state index >= 15 is 0 Å². The molecule has 0 saturated carbocycles. The molecule has 0 radical (unpaired) electrons. The largest absolute Gasteiger partial charge is 0.439 e. The predicted octanol–water partition coefficient (Wildman–Crippen LogP) is 6.80. The number of benzene rings is 3. The molecule has 37 heavy (non-hydrogen) atoms. The Labute approximate surface area is 217 Å². The van der Waals surface area contributed by atoms with Crippen molar-refractivity contribution in [3.05, 3.63) is 109 Å². The number of fused-ring (bicyclic) bond motifs is 1. The number of anilines is 1. The zero-order chi connectivity index (χ0) is 25.8. The normalized spacial score (nSPS) is 10.5. The summed E-state index contributed by atoms with van der Waals surface area (Å²) < 4.78 is 5.80. The second-order valence-corrected chi connectivity index (χ2v) is 8.40. The third-order valence-corrected chi connectivity index (χ3v) is 5.88. The molecule has 2 aromatic heterocycles. The summed E-state index contributed by atoms with van der Waals surface area (Å²) in [4.78, 5) is 24.6. The number of rotatable bonds is 6. The Bertz CT molecular complexity index is 1710. The van der Waals surface area contributed by atoms with Crippen molar-refractivity contribution in [3.8, 4) is 40.0 Å². The van der Waals surface area contributed by atoms with Crippen molar-refractivity contribution in [2.45, 2.75) is 0 Å². The molecule has 178 valence electrons. The molecule has 0 aliphatic carbocycles. The lowest BCUT2D eigenvalue weighted by Gasteiger charge is -2.13. The van der Waals surface area contributed by atoms with Gasteiger partial charge in [0.05, 0.1) is 22.2 Å². The van der Waals surface area contributed by atoms with Gasteiger partial charge in [0.1, 0.15) is 12.1 Å². The zero-order valence-corrected chi connectivity index (χ0v) is 20.1. The number of carbonyl (C=O) groups is 1. The van der Waals surface area contributed by atoms with Crippen molar-refractivity contribution < 1.29 is 9.53 Å². The minimum absolute atomic E-state index is 0.290. The lowest BCUT2D eigenvalue weighted by Crippen LogP contribution is -2.07. The average molecular weight is 504 g/mol. The van der Waals surface area contributed by atoms with Gasteiger partial charge >= 0.3 is 0 Å². The van der Waals surface area contributed by atoms with Gasteiger partial charge in [-0.3, -0.25) is 4.79 Å².